The molecule has 0 aromatic carbocycles. The molecule has 1 atom stereocenters. The summed E-state index contributed by atoms with van der Waals surface area (Å²) in [4.78, 5) is 24.9. The van der Waals surface area contributed by atoms with Gasteiger partial charge in [-0.1, -0.05) is 0 Å². The molecule has 0 aliphatic carbocycles. The number of anilines is 1. The first-order valence-electron chi connectivity index (χ1n) is 7.83. The van der Waals surface area contributed by atoms with E-state index in [0.717, 1.165) is 51.6 Å². The molecular weight excluding hydrogens is 337 g/mol. The minimum atomic E-state index is 0. The lowest BCUT2D eigenvalue weighted by Crippen LogP contribution is -2.49. The van der Waals surface area contributed by atoms with Crippen LogP contribution in [0, 0.1) is 5.92 Å². The van der Waals surface area contributed by atoms with E-state index >= 15 is 0 Å². The van der Waals surface area contributed by atoms with Gasteiger partial charge < -0.3 is 15.1 Å². The molecule has 1 unspecified atom stereocenters. The van der Waals surface area contributed by atoms with E-state index in [1.54, 1.807) is 12.4 Å². The van der Waals surface area contributed by atoms with Gasteiger partial charge in [0.2, 0.25) is 11.9 Å². The molecule has 8 heteroatoms. The Morgan fingerprint density at radius 2 is 1.87 bits per heavy atom. The molecule has 1 aromatic heterocycles. The van der Waals surface area contributed by atoms with Crippen LogP contribution >= 0.6 is 24.8 Å². The standard InChI is InChI=1S/C15H23N5O.2ClH/c21-14(3-2-13-4-7-16-12-13)19-8-10-20(11-9-19)15-17-5-1-6-18-15;;/h1,5-6,13,16H,2-4,7-12H2;2*1H. The molecule has 3 rings (SSSR count). The van der Waals surface area contributed by atoms with Gasteiger partial charge in [-0.15, -0.1) is 24.8 Å². The zero-order valence-corrected chi connectivity index (χ0v) is 14.8. The van der Waals surface area contributed by atoms with Gasteiger partial charge in [0, 0.05) is 45.0 Å². The smallest absolute Gasteiger partial charge is 0.225 e. The van der Waals surface area contributed by atoms with Crippen molar-refractivity contribution in [1.82, 2.24) is 20.2 Å². The molecule has 3 heterocycles. The summed E-state index contributed by atoms with van der Waals surface area (Å²) in [7, 11) is 0. The molecule has 1 aromatic rings. The highest BCUT2D eigenvalue weighted by Crippen LogP contribution is 2.16. The molecule has 0 spiro atoms. The minimum absolute atomic E-state index is 0. The molecule has 0 bridgehead atoms. The Kier molecular flexibility index (Phi) is 8.58. The highest BCUT2D eigenvalue weighted by Gasteiger charge is 2.23. The number of carbonyl (C=O) groups excluding carboxylic acids is 1. The van der Waals surface area contributed by atoms with Crippen LogP contribution in [0.15, 0.2) is 18.5 Å². The van der Waals surface area contributed by atoms with Gasteiger partial charge in [-0.3, -0.25) is 4.79 Å². The fourth-order valence-corrected chi connectivity index (χ4v) is 3.06. The first kappa shape index (κ1) is 19.9. The van der Waals surface area contributed by atoms with Crippen molar-refractivity contribution in [1.29, 1.82) is 0 Å². The van der Waals surface area contributed by atoms with E-state index in [2.05, 4.69) is 20.2 Å². The number of rotatable bonds is 4. The lowest BCUT2D eigenvalue weighted by molar-refractivity contribution is -0.131. The second kappa shape index (κ2) is 9.90. The van der Waals surface area contributed by atoms with E-state index in [1.807, 2.05) is 11.0 Å². The number of halogens is 2. The Bertz CT molecular complexity index is 462. The molecule has 1 N–H and O–H groups in total. The van der Waals surface area contributed by atoms with E-state index in [9.17, 15) is 4.79 Å². The summed E-state index contributed by atoms with van der Waals surface area (Å²) in [5.74, 6) is 1.75. The quantitative estimate of drug-likeness (QED) is 0.877. The number of piperazine rings is 1. The molecular formula is C15H25Cl2N5O. The Morgan fingerprint density at radius 1 is 1.17 bits per heavy atom. The Labute approximate surface area is 149 Å². The maximum absolute atomic E-state index is 12.3. The van der Waals surface area contributed by atoms with Crippen LogP contribution in [0.25, 0.3) is 0 Å². The number of aromatic nitrogens is 2. The highest BCUT2D eigenvalue weighted by atomic mass is 35.5. The topological polar surface area (TPSA) is 61.4 Å². The molecule has 2 saturated heterocycles. The summed E-state index contributed by atoms with van der Waals surface area (Å²) in [5, 5.41) is 3.35. The van der Waals surface area contributed by atoms with Gasteiger partial charge in [0.15, 0.2) is 0 Å². The molecule has 2 aliphatic heterocycles. The second-order valence-corrected chi connectivity index (χ2v) is 5.81. The Hall–Kier alpha value is -1.11. The van der Waals surface area contributed by atoms with Gasteiger partial charge >= 0.3 is 0 Å². The van der Waals surface area contributed by atoms with Crippen LogP contribution < -0.4 is 10.2 Å². The molecule has 2 fully saturated rings. The molecule has 6 nitrogen and oxygen atoms in total. The summed E-state index contributed by atoms with van der Waals surface area (Å²) < 4.78 is 0. The zero-order valence-electron chi connectivity index (χ0n) is 13.2. The predicted octanol–water partition coefficient (Wildman–Crippen LogP) is 1.36. The van der Waals surface area contributed by atoms with Crippen LogP contribution in [-0.4, -0.2) is 60.0 Å². The second-order valence-electron chi connectivity index (χ2n) is 5.81. The van der Waals surface area contributed by atoms with Crippen molar-refractivity contribution in [3.63, 3.8) is 0 Å². The Balaban J connectivity index is 0.00000132. The molecule has 130 valence electrons. The van der Waals surface area contributed by atoms with Crippen molar-refractivity contribution in [2.75, 3.05) is 44.2 Å². The maximum Gasteiger partial charge on any atom is 0.225 e. The van der Waals surface area contributed by atoms with Crippen molar-refractivity contribution >= 4 is 36.7 Å². The van der Waals surface area contributed by atoms with Crippen LogP contribution in [0.4, 0.5) is 5.95 Å². The first-order valence-corrected chi connectivity index (χ1v) is 7.83. The van der Waals surface area contributed by atoms with Crippen LogP contribution in [0.2, 0.25) is 0 Å². The summed E-state index contributed by atoms with van der Waals surface area (Å²) >= 11 is 0. The highest BCUT2D eigenvalue weighted by molar-refractivity contribution is 5.85. The fourth-order valence-electron chi connectivity index (χ4n) is 3.06. The van der Waals surface area contributed by atoms with Gasteiger partial charge in [0.25, 0.3) is 0 Å². The molecule has 2 aliphatic rings. The van der Waals surface area contributed by atoms with Gasteiger partial charge in [-0.05, 0) is 37.9 Å². The summed E-state index contributed by atoms with van der Waals surface area (Å²) in [5.41, 5.74) is 0. The maximum atomic E-state index is 12.3. The Morgan fingerprint density at radius 3 is 2.48 bits per heavy atom. The average Bonchev–Trinajstić information content (AvgIpc) is 3.07. The summed E-state index contributed by atoms with van der Waals surface area (Å²) in [6.45, 7) is 5.38. The molecule has 23 heavy (non-hydrogen) atoms. The van der Waals surface area contributed by atoms with Crippen molar-refractivity contribution < 1.29 is 4.79 Å². The van der Waals surface area contributed by atoms with Gasteiger partial charge in [-0.25, -0.2) is 9.97 Å². The third-order valence-electron chi connectivity index (χ3n) is 4.40. The number of carbonyl (C=O) groups is 1. The van der Waals surface area contributed by atoms with E-state index < -0.39 is 0 Å². The van der Waals surface area contributed by atoms with Crippen molar-refractivity contribution in [2.24, 2.45) is 5.92 Å². The SMILES string of the molecule is Cl.Cl.O=C(CCC1CCNC1)N1CCN(c2ncccn2)CC1. The number of nitrogens with one attached hydrogen (secondary N) is 1. The van der Waals surface area contributed by atoms with Crippen LogP contribution in [0.3, 0.4) is 0 Å². The van der Waals surface area contributed by atoms with Crippen LogP contribution in [-0.2, 0) is 4.79 Å². The monoisotopic (exact) mass is 361 g/mol. The van der Waals surface area contributed by atoms with Crippen LogP contribution in [0.1, 0.15) is 19.3 Å². The van der Waals surface area contributed by atoms with E-state index in [0.29, 0.717) is 18.2 Å². The molecule has 0 saturated carbocycles. The molecule has 0 radical (unpaired) electrons. The van der Waals surface area contributed by atoms with E-state index in [1.165, 1.54) is 6.42 Å². The number of nitrogens with zero attached hydrogens (tertiary/aromatic N) is 4. The van der Waals surface area contributed by atoms with E-state index in [4.69, 9.17) is 0 Å². The average molecular weight is 362 g/mol. The number of amides is 1. The predicted molar refractivity (Wildman–Crippen MR) is 95.5 cm³/mol. The largest absolute Gasteiger partial charge is 0.339 e. The third kappa shape index (κ3) is 5.48. The summed E-state index contributed by atoms with van der Waals surface area (Å²) in [6, 6.07) is 1.82. The van der Waals surface area contributed by atoms with Gasteiger partial charge in [0.1, 0.15) is 0 Å². The third-order valence-corrected chi connectivity index (χ3v) is 4.40. The zero-order chi connectivity index (χ0) is 14.5. The first-order chi connectivity index (χ1) is 10.3. The lowest BCUT2D eigenvalue weighted by atomic mass is 10.0. The van der Waals surface area contributed by atoms with Crippen molar-refractivity contribution in [2.45, 2.75) is 19.3 Å². The summed E-state index contributed by atoms with van der Waals surface area (Å²) in [6.07, 6.45) is 6.44. The van der Waals surface area contributed by atoms with Gasteiger partial charge in [-0.2, -0.15) is 0 Å². The normalized spacial score (nSPS) is 20.6. The van der Waals surface area contributed by atoms with Crippen molar-refractivity contribution in [3.8, 4) is 0 Å². The molecule has 1 amide bonds. The number of hydrogen-bond donors (Lipinski definition) is 1. The number of hydrogen-bond acceptors (Lipinski definition) is 5. The minimum Gasteiger partial charge on any atom is -0.339 e. The van der Waals surface area contributed by atoms with Gasteiger partial charge in [0.05, 0.1) is 0 Å². The van der Waals surface area contributed by atoms with Crippen LogP contribution in [0.5, 0.6) is 0 Å². The fraction of sp³-hybridized carbons (Fsp3) is 0.667. The van der Waals surface area contributed by atoms with Crippen molar-refractivity contribution in [3.05, 3.63) is 18.5 Å². The van der Waals surface area contributed by atoms with E-state index in [-0.39, 0.29) is 24.8 Å². The lowest BCUT2D eigenvalue weighted by Gasteiger charge is -2.34.